The van der Waals surface area contributed by atoms with Crippen LogP contribution in [0.4, 0.5) is 0 Å². The van der Waals surface area contributed by atoms with Crippen LogP contribution < -0.4 is 0 Å². The van der Waals surface area contributed by atoms with Crippen LogP contribution in [0.1, 0.15) is 116 Å². The van der Waals surface area contributed by atoms with Crippen molar-refractivity contribution in [2.24, 2.45) is 15.8 Å². The van der Waals surface area contributed by atoms with E-state index in [2.05, 4.69) is 46.5 Å². The van der Waals surface area contributed by atoms with Gasteiger partial charge in [0.15, 0.2) is 5.78 Å². The van der Waals surface area contributed by atoms with Crippen LogP contribution in [0.2, 0.25) is 0 Å². The summed E-state index contributed by atoms with van der Waals surface area (Å²) in [6.45, 7) is 24.7. The highest BCUT2D eigenvalue weighted by molar-refractivity contribution is 6.24. The Morgan fingerprint density at radius 2 is 1.19 bits per heavy atom. The zero-order chi connectivity index (χ0) is 39.0. The number of ketones is 2. The highest BCUT2D eigenvalue weighted by Gasteiger charge is 2.36. The Hall–Kier alpha value is -5.23. The summed E-state index contributed by atoms with van der Waals surface area (Å²) in [6, 6.07) is 19.4. The maximum absolute atomic E-state index is 14.2. The number of aromatic nitrogens is 1. The second-order valence-corrected chi connectivity index (χ2v) is 18.5. The number of aliphatic hydroxyl groups excluding tert-OH is 1. The molecule has 0 saturated heterocycles. The zero-order valence-electron chi connectivity index (χ0n) is 33.2. The van der Waals surface area contributed by atoms with E-state index < -0.39 is 16.6 Å². The zero-order valence-corrected chi connectivity index (χ0v) is 33.2. The van der Waals surface area contributed by atoms with Crippen LogP contribution in [0.3, 0.4) is 0 Å². The Bertz CT molecular complexity index is 2290. The van der Waals surface area contributed by atoms with Crippen LogP contribution in [0.15, 0.2) is 106 Å². The van der Waals surface area contributed by atoms with Gasteiger partial charge in [0.05, 0.1) is 17.1 Å². The number of rotatable bonds is 4. The van der Waals surface area contributed by atoms with Gasteiger partial charge in [0.25, 0.3) is 0 Å². The second kappa shape index (κ2) is 12.7. The van der Waals surface area contributed by atoms with Crippen molar-refractivity contribution in [2.45, 2.75) is 93.9 Å². The van der Waals surface area contributed by atoms with Crippen molar-refractivity contribution in [3.05, 3.63) is 129 Å². The number of fused-ring (bicyclic) bond motifs is 2. The van der Waals surface area contributed by atoms with Crippen LogP contribution in [-0.2, 0) is 15.6 Å². The first-order valence-corrected chi connectivity index (χ1v) is 18.3. The fraction of sp³-hybridized carbons (Fsp3) is 0.340. The first-order chi connectivity index (χ1) is 24.5. The number of phenolic OH excluding ortho intramolecular Hbond substituents is 1. The smallest absolute Gasteiger partial charge is 0.206 e. The summed E-state index contributed by atoms with van der Waals surface area (Å²) in [4.78, 5) is 36.2. The first kappa shape index (κ1) is 37.5. The fourth-order valence-corrected chi connectivity index (χ4v) is 7.21. The minimum absolute atomic E-state index is 0.0345. The number of benzene rings is 3. The molecule has 0 bridgehead atoms. The number of Topliss-reactive ketones (excluding diaryl/α,β-unsaturated/α-hetero) is 1. The average Bonchev–Trinajstić information content (AvgIpc) is 3.63. The number of aromatic hydroxyl groups is 1. The Labute approximate surface area is 313 Å². The highest BCUT2D eigenvalue weighted by Crippen LogP contribution is 2.45. The molecule has 6 nitrogen and oxygen atoms in total. The maximum atomic E-state index is 14.2. The van der Waals surface area contributed by atoms with Crippen LogP contribution in [-0.4, -0.2) is 32.5 Å². The largest absolute Gasteiger partial charge is 0.507 e. The topological polar surface area (TPSA) is 103 Å². The summed E-state index contributed by atoms with van der Waals surface area (Å²) >= 11 is 0. The molecule has 3 N–H and O–H groups in total. The molecule has 1 aliphatic carbocycles. The molecule has 0 atom stereocenters. The molecule has 274 valence electrons. The Morgan fingerprint density at radius 1 is 0.698 bits per heavy atom. The number of aliphatic imine (C=N–C) groups is 1. The molecule has 0 fully saturated rings. The van der Waals surface area contributed by atoms with Crippen molar-refractivity contribution in [1.29, 1.82) is 0 Å². The van der Waals surface area contributed by atoms with E-state index in [9.17, 15) is 19.8 Å². The number of allylic oxidation sites excluding steroid dienone is 7. The van der Waals surface area contributed by atoms with Crippen molar-refractivity contribution < 1.29 is 19.8 Å². The lowest BCUT2D eigenvalue weighted by Gasteiger charge is -2.31. The molecular formula is C47H52N2O4. The third-order valence-electron chi connectivity index (χ3n) is 10.1. The predicted octanol–water partition coefficient (Wildman–Crippen LogP) is 11.5. The van der Waals surface area contributed by atoms with Gasteiger partial charge in [-0.1, -0.05) is 132 Å². The SMILES string of the molecule is CC(C)(C)C1=CC(=C2N=C(/C(O)=C/C(=O)c3[nH]c(-c4cc(C(C)(C)C)c(O)c(C(C)(C)C)c4)c4ccccc34)c3ccccc32)C=C(C(C)(C)C)C1=O. The van der Waals surface area contributed by atoms with Gasteiger partial charge in [0.1, 0.15) is 17.2 Å². The number of nitrogens with one attached hydrogen (secondary N) is 1. The van der Waals surface area contributed by atoms with Gasteiger partial charge in [-0.15, -0.1) is 0 Å². The summed E-state index contributed by atoms with van der Waals surface area (Å²) in [5.41, 5.74) is 6.82. The Morgan fingerprint density at radius 3 is 1.70 bits per heavy atom. The van der Waals surface area contributed by atoms with Crippen molar-refractivity contribution in [3.8, 4) is 17.0 Å². The fourth-order valence-electron chi connectivity index (χ4n) is 7.21. The predicted molar refractivity (Wildman–Crippen MR) is 218 cm³/mol. The molecule has 0 radical (unpaired) electrons. The summed E-state index contributed by atoms with van der Waals surface area (Å²) in [7, 11) is 0. The van der Waals surface area contributed by atoms with E-state index in [1.807, 2.05) is 114 Å². The van der Waals surface area contributed by atoms with Crippen LogP contribution >= 0.6 is 0 Å². The van der Waals surface area contributed by atoms with Gasteiger partial charge in [-0.3, -0.25) is 9.59 Å². The molecule has 6 rings (SSSR count). The van der Waals surface area contributed by atoms with E-state index in [4.69, 9.17) is 4.99 Å². The lowest BCUT2D eigenvalue weighted by molar-refractivity contribution is -0.114. The summed E-state index contributed by atoms with van der Waals surface area (Å²) in [5.74, 6) is -0.326. The van der Waals surface area contributed by atoms with E-state index in [1.165, 1.54) is 6.08 Å². The highest BCUT2D eigenvalue weighted by atomic mass is 16.3. The molecule has 2 aliphatic rings. The molecule has 53 heavy (non-hydrogen) atoms. The molecule has 2 heterocycles. The lowest BCUT2D eigenvalue weighted by Crippen LogP contribution is -2.28. The van der Waals surface area contributed by atoms with Crippen molar-refractivity contribution in [3.63, 3.8) is 0 Å². The number of carbonyl (C=O) groups is 2. The minimum atomic E-state index is -0.398. The number of nitrogens with zero attached hydrogens (tertiary/aromatic N) is 1. The van der Waals surface area contributed by atoms with Crippen LogP contribution in [0.5, 0.6) is 5.75 Å². The van der Waals surface area contributed by atoms with Crippen LogP contribution in [0, 0.1) is 10.8 Å². The molecule has 0 unspecified atom stereocenters. The number of aliphatic hydroxyl groups is 1. The summed E-state index contributed by atoms with van der Waals surface area (Å²) in [6.07, 6.45) is 5.09. The van der Waals surface area contributed by atoms with Gasteiger partial charge in [0.2, 0.25) is 5.78 Å². The number of hydrogen-bond acceptors (Lipinski definition) is 5. The molecule has 0 spiro atoms. The number of carbonyl (C=O) groups excluding carboxylic acids is 2. The van der Waals surface area contributed by atoms with Gasteiger partial charge in [0, 0.05) is 55.8 Å². The number of phenols is 1. The average molecular weight is 709 g/mol. The maximum Gasteiger partial charge on any atom is 0.206 e. The van der Waals surface area contributed by atoms with Gasteiger partial charge >= 0.3 is 0 Å². The molecule has 1 aliphatic heterocycles. The van der Waals surface area contributed by atoms with Gasteiger partial charge in [-0.2, -0.15) is 0 Å². The molecule has 0 amide bonds. The molecule has 6 heteroatoms. The van der Waals surface area contributed by atoms with E-state index in [-0.39, 0.29) is 28.1 Å². The van der Waals surface area contributed by atoms with Crippen molar-refractivity contribution >= 4 is 33.7 Å². The van der Waals surface area contributed by atoms with Crippen molar-refractivity contribution in [2.75, 3.05) is 0 Å². The molecule has 1 aromatic heterocycles. The standard InChI is InChI=1S/C47H52N2O4/c1-44(2,3)32-21-26(22-33(42(32)52)45(4,5)6)38-28-17-13-15-19-30(28)40(48-38)36(50)25-37(51)41-31-20-16-14-18-29(31)39(49-41)27-23-34(46(7,8)9)43(53)35(24-27)47(10,11)12/h13-25,48,51-52H,1-12H3/b37-25-. The monoisotopic (exact) mass is 708 g/mol. The third kappa shape index (κ3) is 6.88. The number of aromatic amines is 1. The molecule has 3 aromatic carbocycles. The number of H-pyrrole nitrogens is 1. The third-order valence-corrected chi connectivity index (χ3v) is 10.1. The van der Waals surface area contributed by atoms with Gasteiger partial charge < -0.3 is 15.2 Å². The first-order valence-electron chi connectivity index (χ1n) is 18.3. The molecular weight excluding hydrogens is 657 g/mol. The van der Waals surface area contributed by atoms with Crippen LogP contribution in [0.25, 0.3) is 27.7 Å². The quantitative estimate of drug-likeness (QED) is 0.112. The molecule has 4 aromatic rings. The second-order valence-electron chi connectivity index (χ2n) is 18.5. The Balaban J connectivity index is 1.49. The van der Waals surface area contributed by atoms with Gasteiger partial charge in [-0.25, -0.2) is 4.99 Å². The van der Waals surface area contributed by atoms with E-state index >= 15 is 0 Å². The van der Waals surface area contributed by atoms with E-state index in [1.54, 1.807) is 0 Å². The summed E-state index contributed by atoms with van der Waals surface area (Å²) < 4.78 is 0. The summed E-state index contributed by atoms with van der Waals surface area (Å²) in [5, 5.41) is 24.7. The molecule has 0 saturated carbocycles. The number of hydrogen-bond donors (Lipinski definition) is 3. The lowest BCUT2D eigenvalue weighted by atomic mass is 9.71. The normalized spacial score (nSPS) is 15.8. The Kier molecular flexibility index (Phi) is 9.00. The van der Waals surface area contributed by atoms with E-state index in [0.29, 0.717) is 33.8 Å². The minimum Gasteiger partial charge on any atom is -0.507 e. The van der Waals surface area contributed by atoms with E-state index in [0.717, 1.165) is 44.3 Å². The van der Waals surface area contributed by atoms with Crippen molar-refractivity contribution in [1.82, 2.24) is 4.98 Å². The van der Waals surface area contributed by atoms with Gasteiger partial charge in [-0.05, 0) is 51.5 Å².